The molecule has 0 aliphatic heterocycles. The standard InChI is InChI=1S/C8H17NO4S/c1-11-3-4-13-9-8(10)7-14-6-5-12-2/h3-7H2,1-2H3,(H,9,10). The summed E-state index contributed by atoms with van der Waals surface area (Å²) in [5.41, 5.74) is 2.31. The van der Waals surface area contributed by atoms with Gasteiger partial charge in [-0.3, -0.25) is 9.63 Å². The minimum absolute atomic E-state index is 0.137. The van der Waals surface area contributed by atoms with Gasteiger partial charge in [0.1, 0.15) is 0 Å². The molecule has 0 aromatic heterocycles. The van der Waals surface area contributed by atoms with Crippen LogP contribution in [0.15, 0.2) is 0 Å². The van der Waals surface area contributed by atoms with E-state index in [-0.39, 0.29) is 5.91 Å². The Kier molecular flexibility index (Phi) is 10.5. The maximum atomic E-state index is 11.0. The van der Waals surface area contributed by atoms with Crippen molar-refractivity contribution in [3.05, 3.63) is 0 Å². The zero-order chi connectivity index (χ0) is 10.6. The highest BCUT2D eigenvalue weighted by Gasteiger charge is 2.00. The molecule has 6 heteroatoms. The molecule has 0 aromatic carbocycles. The van der Waals surface area contributed by atoms with Gasteiger partial charge in [-0.2, -0.15) is 0 Å². The van der Waals surface area contributed by atoms with Crippen LogP contribution in [0, 0.1) is 0 Å². The van der Waals surface area contributed by atoms with Gasteiger partial charge in [0, 0.05) is 20.0 Å². The number of methoxy groups -OCH3 is 2. The molecule has 84 valence electrons. The Balaban J connectivity index is 3.11. The van der Waals surface area contributed by atoms with E-state index in [0.717, 1.165) is 5.75 Å². The molecule has 5 nitrogen and oxygen atoms in total. The molecular formula is C8H17NO4S. The second-order valence-corrected chi connectivity index (χ2v) is 3.52. The summed E-state index contributed by atoms with van der Waals surface area (Å²) in [7, 11) is 3.21. The zero-order valence-corrected chi connectivity index (χ0v) is 9.39. The molecule has 0 unspecified atom stereocenters. The first kappa shape index (κ1) is 13.7. The van der Waals surface area contributed by atoms with Crippen molar-refractivity contribution < 1.29 is 19.1 Å². The molecule has 0 saturated carbocycles. The van der Waals surface area contributed by atoms with Crippen LogP contribution >= 0.6 is 11.8 Å². The van der Waals surface area contributed by atoms with Gasteiger partial charge in [-0.1, -0.05) is 0 Å². The molecule has 0 bridgehead atoms. The number of hydroxylamine groups is 1. The molecule has 1 amide bonds. The molecule has 0 aliphatic carbocycles. The lowest BCUT2D eigenvalue weighted by Gasteiger charge is -2.04. The third kappa shape index (κ3) is 9.79. The smallest absolute Gasteiger partial charge is 0.253 e. The minimum atomic E-state index is -0.137. The quantitative estimate of drug-likeness (QED) is 0.442. The first-order valence-electron chi connectivity index (χ1n) is 4.27. The molecule has 14 heavy (non-hydrogen) atoms. The monoisotopic (exact) mass is 223 g/mol. The van der Waals surface area contributed by atoms with Crippen molar-refractivity contribution in [2.75, 3.05) is 45.5 Å². The van der Waals surface area contributed by atoms with Crippen molar-refractivity contribution >= 4 is 17.7 Å². The van der Waals surface area contributed by atoms with E-state index in [4.69, 9.17) is 14.3 Å². The fraction of sp³-hybridized carbons (Fsp3) is 0.875. The van der Waals surface area contributed by atoms with Gasteiger partial charge < -0.3 is 9.47 Å². The average molecular weight is 223 g/mol. The molecular weight excluding hydrogens is 206 g/mol. The van der Waals surface area contributed by atoms with E-state index in [9.17, 15) is 4.79 Å². The number of amides is 1. The summed E-state index contributed by atoms with van der Waals surface area (Å²) in [6.07, 6.45) is 0. The molecule has 0 atom stereocenters. The van der Waals surface area contributed by atoms with Crippen molar-refractivity contribution in [3.63, 3.8) is 0 Å². The van der Waals surface area contributed by atoms with Crippen LogP contribution in [0.25, 0.3) is 0 Å². The number of carbonyl (C=O) groups excluding carboxylic acids is 1. The van der Waals surface area contributed by atoms with Crippen LogP contribution in [0.4, 0.5) is 0 Å². The number of rotatable bonds is 9. The molecule has 0 heterocycles. The molecule has 0 aromatic rings. The normalized spacial score (nSPS) is 10.1. The van der Waals surface area contributed by atoms with Crippen LogP contribution in [-0.4, -0.2) is 51.5 Å². The van der Waals surface area contributed by atoms with Gasteiger partial charge in [0.25, 0.3) is 5.91 Å². The minimum Gasteiger partial charge on any atom is -0.384 e. The fourth-order valence-electron chi connectivity index (χ4n) is 0.593. The van der Waals surface area contributed by atoms with E-state index < -0.39 is 0 Å². The first-order valence-corrected chi connectivity index (χ1v) is 5.43. The molecule has 0 saturated heterocycles. The maximum absolute atomic E-state index is 11.0. The third-order valence-electron chi connectivity index (χ3n) is 1.24. The van der Waals surface area contributed by atoms with Crippen molar-refractivity contribution in [1.82, 2.24) is 5.48 Å². The summed E-state index contributed by atoms with van der Waals surface area (Å²) < 4.78 is 9.58. The topological polar surface area (TPSA) is 56.8 Å². The summed E-state index contributed by atoms with van der Waals surface area (Å²) in [5, 5.41) is 0. The van der Waals surface area contributed by atoms with Crippen LogP contribution in [0.1, 0.15) is 0 Å². The van der Waals surface area contributed by atoms with Crippen LogP contribution in [-0.2, 0) is 19.1 Å². The third-order valence-corrected chi connectivity index (χ3v) is 2.16. The predicted molar refractivity (Wildman–Crippen MR) is 55.2 cm³/mol. The Hall–Kier alpha value is -0.300. The van der Waals surface area contributed by atoms with E-state index in [1.165, 1.54) is 11.8 Å². The van der Waals surface area contributed by atoms with Crippen LogP contribution in [0.5, 0.6) is 0 Å². The Morgan fingerprint density at radius 3 is 2.57 bits per heavy atom. The SMILES string of the molecule is COCCONC(=O)CSCCOC. The van der Waals surface area contributed by atoms with Crippen molar-refractivity contribution in [3.8, 4) is 0 Å². The molecule has 0 spiro atoms. The summed E-state index contributed by atoms with van der Waals surface area (Å²) >= 11 is 1.50. The summed E-state index contributed by atoms with van der Waals surface area (Å²) in [6.45, 7) is 1.49. The van der Waals surface area contributed by atoms with Crippen molar-refractivity contribution in [2.24, 2.45) is 0 Å². The lowest BCUT2D eigenvalue weighted by Crippen LogP contribution is -2.27. The average Bonchev–Trinajstić information content (AvgIpc) is 2.19. The Morgan fingerprint density at radius 2 is 1.93 bits per heavy atom. The number of hydrogen-bond donors (Lipinski definition) is 1. The van der Waals surface area contributed by atoms with Crippen LogP contribution in [0.2, 0.25) is 0 Å². The van der Waals surface area contributed by atoms with Crippen molar-refractivity contribution in [2.45, 2.75) is 0 Å². The van der Waals surface area contributed by atoms with Gasteiger partial charge in [-0.15, -0.1) is 11.8 Å². The highest BCUT2D eigenvalue weighted by Crippen LogP contribution is 1.97. The maximum Gasteiger partial charge on any atom is 0.253 e. The van der Waals surface area contributed by atoms with E-state index in [1.54, 1.807) is 14.2 Å². The molecule has 0 aliphatic rings. The number of carbonyl (C=O) groups is 1. The van der Waals surface area contributed by atoms with Gasteiger partial charge in [-0.25, -0.2) is 5.48 Å². The zero-order valence-electron chi connectivity index (χ0n) is 8.58. The molecule has 1 N–H and O–H groups in total. The number of thioether (sulfide) groups is 1. The van der Waals surface area contributed by atoms with Gasteiger partial charge >= 0.3 is 0 Å². The van der Waals surface area contributed by atoms with Crippen LogP contribution in [0.3, 0.4) is 0 Å². The summed E-state index contributed by atoms with van der Waals surface area (Å²) in [4.78, 5) is 15.9. The second kappa shape index (κ2) is 10.8. The summed E-state index contributed by atoms with van der Waals surface area (Å²) in [6, 6.07) is 0. The van der Waals surface area contributed by atoms with Gasteiger partial charge in [0.15, 0.2) is 0 Å². The number of hydrogen-bond acceptors (Lipinski definition) is 5. The molecule has 0 fully saturated rings. The van der Waals surface area contributed by atoms with Gasteiger partial charge in [0.2, 0.25) is 0 Å². The number of nitrogens with one attached hydrogen (secondary N) is 1. The van der Waals surface area contributed by atoms with Gasteiger partial charge in [-0.05, 0) is 0 Å². The van der Waals surface area contributed by atoms with E-state index in [2.05, 4.69) is 5.48 Å². The Labute approximate surface area is 88.4 Å². The predicted octanol–water partition coefficient (Wildman–Crippen LogP) is 0.0602. The molecule has 0 rings (SSSR count). The highest BCUT2D eigenvalue weighted by molar-refractivity contribution is 7.99. The van der Waals surface area contributed by atoms with Gasteiger partial charge in [0.05, 0.1) is 25.6 Å². The first-order chi connectivity index (χ1) is 6.81. The van der Waals surface area contributed by atoms with E-state index >= 15 is 0 Å². The Morgan fingerprint density at radius 1 is 1.21 bits per heavy atom. The summed E-state index contributed by atoms with van der Waals surface area (Å²) in [5.74, 6) is 1.06. The second-order valence-electron chi connectivity index (χ2n) is 2.41. The lowest BCUT2D eigenvalue weighted by atomic mass is 10.7. The molecule has 0 radical (unpaired) electrons. The lowest BCUT2D eigenvalue weighted by molar-refractivity contribution is -0.131. The fourth-order valence-corrected chi connectivity index (χ4v) is 1.27. The largest absolute Gasteiger partial charge is 0.384 e. The van der Waals surface area contributed by atoms with E-state index in [0.29, 0.717) is 25.6 Å². The Bertz CT molecular complexity index is 131. The highest BCUT2D eigenvalue weighted by atomic mass is 32.2. The van der Waals surface area contributed by atoms with Crippen molar-refractivity contribution in [1.29, 1.82) is 0 Å². The van der Waals surface area contributed by atoms with Crippen LogP contribution < -0.4 is 5.48 Å². The van der Waals surface area contributed by atoms with E-state index in [1.807, 2.05) is 0 Å². The number of ether oxygens (including phenoxy) is 2.